The minimum Gasteiger partial charge on any atom is -0.490 e. The van der Waals surface area contributed by atoms with Gasteiger partial charge in [0.25, 0.3) is 0 Å². The van der Waals surface area contributed by atoms with E-state index in [4.69, 9.17) is 10.5 Å². The fourth-order valence-corrected chi connectivity index (χ4v) is 1.97. The molecule has 0 radical (unpaired) electrons. The SMILES string of the molecule is CCSCCCOc1c(F)cccc1CN. The Hall–Kier alpha value is -0.740. The molecule has 0 saturated carbocycles. The molecule has 0 atom stereocenters. The Kier molecular flexibility index (Phi) is 6.26. The van der Waals surface area contributed by atoms with E-state index in [9.17, 15) is 4.39 Å². The lowest BCUT2D eigenvalue weighted by Gasteiger charge is -2.10. The first-order chi connectivity index (χ1) is 7.79. The van der Waals surface area contributed by atoms with Crippen LogP contribution in [0.4, 0.5) is 4.39 Å². The third-order valence-corrected chi connectivity index (χ3v) is 3.14. The van der Waals surface area contributed by atoms with E-state index in [-0.39, 0.29) is 5.82 Å². The maximum atomic E-state index is 13.4. The standard InChI is InChI=1S/C12H18FNOS/c1-2-16-8-4-7-15-12-10(9-14)5-3-6-11(12)13/h3,5-6H,2,4,7-9,14H2,1H3. The van der Waals surface area contributed by atoms with E-state index in [0.29, 0.717) is 18.9 Å². The van der Waals surface area contributed by atoms with E-state index >= 15 is 0 Å². The predicted octanol–water partition coefficient (Wildman–Crippen LogP) is 2.81. The Morgan fingerprint density at radius 3 is 2.94 bits per heavy atom. The first-order valence-corrected chi connectivity index (χ1v) is 6.63. The van der Waals surface area contributed by atoms with Gasteiger partial charge in [-0.05, 0) is 24.0 Å². The third kappa shape index (κ3) is 4.02. The van der Waals surface area contributed by atoms with E-state index in [1.54, 1.807) is 12.1 Å². The van der Waals surface area contributed by atoms with Gasteiger partial charge >= 0.3 is 0 Å². The van der Waals surface area contributed by atoms with Crippen molar-refractivity contribution in [3.8, 4) is 5.75 Å². The second-order valence-corrected chi connectivity index (χ2v) is 4.72. The first kappa shape index (κ1) is 13.3. The molecule has 2 nitrogen and oxygen atoms in total. The Labute approximate surface area is 100 Å². The van der Waals surface area contributed by atoms with Crippen molar-refractivity contribution < 1.29 is 9.13 Å². The van der Waals surface area contributed by atoms with Crippen LogP contribution in [0.5, 0.6) is 5.75 Å². The number of nitrogens with two attached hydrogens (primary N) is 1. The van der Waals surface area contributed by atoms with Gasteiger partial charge < -0.3 is 10.5 Å². The fraction of sp³-hybridized carbons (Fsp3) is 0.500. The highest BCUT2D eigenvalue weighted by molar-refractivity contribution is 7.99. The molecule has 0 aliphatic carbocycles. The maximum Gasteiger partial charge on any atom is 0.165 e. The molecule has 1 aromatic rings. The fourth-order valence-electron chi connectivity index (χ4n) is 1.36. The van der Waals surface area contributed by atoms with E-state index in [1.165, 1.54) is 6.07 Å². The van der Waals surface area contributed by atoms with E-state index in [2.05, 4.69) is 6.92 Å². The number of hydrogen-bond acceptors (Lipinski definition) is 3. The average Bonchev–Trinajstić information content (AvgIpc) is 2.30. The van der Waals surface area contributed by atoms with Gasteiger partial charge in [-0.2, -0.15) is 11.8 Å². The Morgan fingerprint density at radius 2 is 2.25 bits per heavy atom. The summed E-state index contributed by atoms with van der Waals surface area (Å²) in [4.78, 5) is 0. The normalized spacial score (nSPS) is 10.4. The topological polar surface area (TPSA) is 35.2 Å². The van der Waals surface area contributed by atoms with E-state index < -0.39 is 0 Å². The van der Waals surface area contributed by atoms with Crippen molar-refractivity contribution in [1.82, 2.24) is 0 Å². The summed E-state index contributed by atoms with van der Waals surface area (Å²) in [6.45, 7) is 2.96. The molecule has 2 N–H and O–H groups in total. The zero-order valence-corrected chi connectivity index (χ0v) is 10.4. The van der Waals surface area contributed by atoms with E-state index in [1.807, 2.05) is 11.8 Å². The van der Waals surface area contributed by atoms with Gasteiger partial charge in [0.1, 0.15) is 0 Å². The van der Waals surface area contributed by atoms with Crippen LogP contribution in [0.2, 0.25) is 0 Å². The molecule has 1 rings (SSSR count). The van der Waals surface area contributed by atoms with Crippen LogP contribution in [-0.2, 0) is 6.54 Å². The molecule has 90 valence electrons. The number of para-hydroxylation sites is 1. The van der Waals surface area contributed by atoms with Gasteiger partial charge in [-0.1, -0.05) is 19.1 Å². The maximum absolute atomic E-state index is 13.4. The number of hydrogen-bond donors (Lipinski definition) is 1. The van der Waals surface area contributed by atoms with Gasteiger partial charge in [0.2, 0.25) is 0 Å². The minimum absolute atomic E-state index is 0.302. The molecule has 1 aromatic carbocycles. The largest absolute Gasteiger partial charge is 0.490 e. The minimum atomic E-state index is -0.328. The molecule has 0 bridgehead atoms. The lowest BCUT2D eigenvalue weighted by Crippen LogP contribution is -2.06. The molecule has 0 spiro atoms. The van der Waals surface area contributed by atoms with Gasteiger partial charge in [0.15, 0.2) is 11.6 Å². The Bertz CT molecular complexity index is 320. The molecular formula is C12H18FNOS. The third-order valence-electron chi connectivity index (χ3n) is 2.15. The van der Waals surface area contributed by atoms with Gasteiger partial charge in [-0.15, -0.1) is 0 Å². The predicted molar refractivity (Wildman–Crippen MR) is 67.4 cm³/mol. The lowest BCUT2D eigenvalue weighted by molar-refractivity contribution is 0.299. The molecular weight excluding hydrogens is 225 g/mol. The summed E-state index contributed by atoms with van der Waals surface area (Å²) in [5.74, 6) is 2.13. The van der Waals surface area contributed by atoms with Crippen molar-refractivity contribution >= 4 is 11.8 Å². The van der Waals surface area contributed by atoms with Crippen molar-refractivity contribution in [2.45, 2.75) is 19.9 Å². The van der Waals surface area contributed by atoms with Gasteiger partial charge in [-0.3, -0.25) is 0 Å². The van der Waals surface area contributed by atoms with Crippen molar-refractivity contribution in [1.29, 1.82) is 0 Å². The number of ether oxygens (including phenoxy) is 1. The van der Waals surface area contributed by atoms with Crippen molar-refractivity contribution in [2.75, 3.05) is 18.1 Å². The van der Waals surface area contributed by atoms with E-state index in [0.717, 1.165) is 23.5 Å². The average molecular weight is 243 g/mol. The summed E-state index contributed by atoms with van der Waals surface area (Å²) < 4.78 is 18.9. The van der Waals surface area contributed by atoms with Crippen molar-refractivity contribution in [2.24, 2.45) is 5.73 Å². The van der Waals surface area contributed by atoms with Crippen LogP contribution in [0.25, 0.3) is 0 Å². The summed E-state index contributed by atoms with van der Waals surface area (Å²) in [6.07, 6.45) is 0.927. The van der Waals surface area contributed by atoms with Crippen molar-refractivity contribution in [3.05, 3.63) is 29.6 Å². The van der Waals surface area contributed by atoms with Crippen LogP contribution < -0.4 is 10.5 Å². The Balaban J connectivity index is 2.46. The molecule has 0 fully saturated rings. The highest BCUT2D eigenvalue weighted by Gasteiger charge is 2.07. The summed E-state index contributed by atoms with van der Waals surface area (Å²) in [5, 5.41) is 0. The number of rotatable bonds is 7. The number of benzene rings is 1. The summed E-state index contributed by atoms with van der Waals surface area (Å²) in [6, 6.07) is 4.84. The smallest absolute Gasteiger partial charge is 0.165 e. The molecule has 0 unspecified atom stereocenters. The quantitative estimate of drug-likeness (QED) is 0.748. The molecule has 16 heavy (non-hydrogen) atoms. The molecule has 0 heterocycles. The summed E-state index contributed by atoms with van der Waals surface area (Å²) >= 11 is 1.86. The summed E-state index contributed by atoms with van der Waals surface area (Å²) in [5.41, 5.74) is 6.25. The molecule has 0 aliphatic heterocycles. The molecule has 0 aromatic heterocycles. The second-order valence-electron chi connectivity index (χ2n) is 3.33. The highest BCUT2D eigenvalue weighted by Crippen LogP contribution is 2.22. The summed E-state index contributed by atoms with van der Waals surface area (Å²) in [7, 11) is 0. The Morgan fingerprint density at radius 1 is 1.44 bits per heavy atom. The zero-order valence-electron chi connectivity index (χ0n) is 9.54. The van der Waals surface area contributed by atoms with Gasteiger partial charge in [-0.25, -0.2) is 4.39 Å². The van der Waals surface area contributed by atoms with Crippen LogP contribution in [0.3, 0.4) is 0 Å². The molecule has 4 heteroatoms. The van der Waals surface area contributed by atoms with Crippen molar-refractivity contribution in [3.63, 3.8) is 0 Å². The first-order valence-electron chi connectivity index (χ1n) is 5.47. The highest BCUT2D eigenvalue weighted by atomic mass is 32.2. The van der Waals surface area contributed by atoms with Crippen LogP contribution in [-0.4, -0.2) is 18.1 Å². The number of halogens is 1. The van der Waals surface area contributed by atoms with Crippen LogP contribution >= 0.6 is 11.8 Å². The van der Waals surface area contributed by atoms with Crippen LogP contribution in [0.1, 0.15) is 18.9 Å². The monoisotopic (exact) mass is 243 g/mol. The van der Waals surface area contributed by atoms with Crippen LogP contribution in [0, 0.1) is 5.82 Å². The molecule has 0 aliphatic rings. The molecule has 0 saturated heterocycles. The van der Waals surface area contributed by atoms with Crippen LogP contribution in [0.15, 0.2) is 18.2 Å². The zero-order chi connectivity index (χ0) is 11.8. The second kappa shape index (κ2) is 7.52. The number of thioether (sulfide) groups is 1. The van der Waals surface area contributed by atoms with Gasteiger partial charge in [0.05, 0.1) is 6.61 Å². The van der Waals surface area contributed by atoms with Gasteiger partial charge in [0, 0.05) is 12.1 Å². The lowest BCUT2D eigenvalue weighted by atomic mass is 10.2. The molecule has 0 amide bonds.